The molecule has 0 atom stereocenters. The van der Waals surface area contributed by atoms with Crippen molar-refractivity contribution in [2.24, 2.45) is 0 Å². The van der Waals surface area contributed by atoms with E-state index in [4.69, 9.17) is 0 Å². The number of halogens is 5. The highest BCUT2D eigenvalue weighted by atomic mass is 19.4. The fourth-order valence-corrected chi connectivity index (χ4v) is 1.49. The Bertz CT molecular complexity index is 478. The lowest BCUT2D eigenvalue weighted by Crippen LogP contribution is -2.33. The van der Waals surface area contributed by atoms with Crippen LogP contribution in [0.2, 0.25) is 0 Å². The summed E-state index contributed by atoms with van der Waals surface area (Å²) >= 11 is 0. The highest BCUT2D eigenvalue weighted by molar-refractivity contribution is 5.93. The molecule has 0 N–H and O–H groups in total. The van der Waals surface area contributed by atoms with E-state index in [-0.39, 0.29) is 17.7 Å². The molecule has 0 amide bonds. The minimum absolute atomic E-state index is 0.0201. The van der Waals surface area contributed by atoms with E-state index < -0.39 is 23.6 Å². The van der Waals surface area contributed by atoms with Crippen LogP contribution in [-0.4, -0.2) is 12.1 Å². The second-order valence-corrected chi connectivity index (χ2v) is 3.52. The summed E-state index contributed by atoms with van der Waals surface area (Å²) in [5, 5.41) is 0. The van der Waals surface area contributed by atoms with Gasteiger partial charge in [0.1, 0.15) is 6.61 Å². The Morgan fingerprint density at radius 2 is 1.76 bits per heavy atom. The second-order valence-electron chi connectivity index (χ2n) is 3.52. The van der Waals surface area contributed by atoms with Crippen LogP contribution in [-0.2, 0) is 17.3 Å². The number of carbonyl (C=O) groups excluding carboxylic acids is 1. The standard InChI is InChI=1S/C10H5F5O2/c11-9(12,10(13,14)15)6-1-2-7-5(3-6)4-17-8(7)16/h1-3H,4H2. The molecule has 0 fully saturated rings. The van der Waals surface area contributed by atoms with Gasteiger partial charge in [0, 0.05) is 11.1 Å². The first-order valence-corrected chi connectivity index (χ1v) is 4.48. The van der Waals surface area contributed by atoms with Gasteiger partial charge in [-0.15, -0.1) is 0 Å². The lowest BCUT2D eigenvalue weighted by Gasteiger charge is -2.20. The third-order valence-electron chi connectivity index (χ3n) is 2.40. The van der Waals surface area contributed by atoms with E-state index in [0.717, 1.165) is 6.07 Å². The van der Waals surface area contributed by atoms with E-state index in [1.165, 1.54) is 0 Å². The molecule has 0 saturated heterocycles. The molecule has 0 unspecified atom stereocenters. The molecule has 0 radical (unpaired) electrons. The SMILES string of the molecule is O=C1OCc2cc(C(F)(F)C(F)(F)F)ccc21. The van der Waals surface area contributed by atoms with Crippen molar-refractivity contribution in [3.63, 3.8) is 0 Å². The average Bonchev–Trinajstić information content (AvgIpc) is 2.58. The molecule has 0 saturated carbocycles. The molecule has 1 aliphatic heterocycles. The molecule has 1 aliphatic rings. The topological polar surface area (TPSA) is 26.3 Å². The Kier molecular flexibility index (Phi) is 2.37. The van der Waals surface area contributed by atoms with Gasteiger partial charge >= 0.3 is 18.1 Å². The number of carbonyl (C=O) groups is 1. The number of fused-ring (bicyclic) bond motifs is 1. The van der Waals surface area contributed by atoms with Crippen molar-refractivity contribution in [3.05, 3.63) is 34.9 Å². The second kappa shape index (κ2) is 3.41. The van der Waals surface area contributed by atoms with Crippen LogP contribution in [0.3, 0.4) is 0 Å². The molecule has 0 aromatic heterocycles. The van der Waals surface area contributed by atoms with Crippen LogP contribution in [0.5, 0.6) is 0 Å². The van der Waals surface area contributed by atoms with Gasteiger partial charge in [-0.1, -0.05) is 6.07 Å². The Labute approximate surface area is 92.0 Å². The summed E-state index contributed by atoms with van der Waals surface area (Å²) in [5.74, 6) is -5.66. The fraction of sp³-hybridized carbons (Fsp3) is 0.300. The van der Waals surface area contributed by atoms with Gasteiger partial charge in [-0.2, -0.15) is 22.0 Å². The predicted octanol–water partition coefficient (Wildman–Crippen LogP) is 3.01. The van der Waals surface area contributed by atoms with Crippen molar-refractivity contribution in [1.82, 2.24) is 0 Å². The third-order valence-corrected chi connectivity index (χ3v) is 2.40. The van der Waals surface area contributed by atoms with Crippen molar-refractivity contribution in [1.29, 1.82) is 0 Å². The van der Waals surface area contributed by atoms with Gasteiger partial charge in [0.25, 0.3) is 0 Å². The number of alkyl halides is 5. The maximum absolute atomic E-state index is 13.0. The van der Waals surface area contributed by atoms with Gasteiger partial charge in [-0.05, 0) is 12.1 Å². The van der Waals surface area contributed by atoms with E-state index in [9.17, 15) is 26.7 Å². The fourth-order valence-electron chi connectivity index (χ4n) is 1.49. The number of cyclic esters (lactones) is 1. The smallest absolute Gasteiger partial charge is 0.457 e. The third kappa shape index (κ3) is 1.75. The maximum atomic E-state index is 13.0. The quantitative estimate of drug-likeness (QED) is 0.567. The number of benzene rings is 1. The van der Waals surface area contributed by atoms with Crippen LogP contribution in [0.25, 0.3) is 0 Å². The summed E-state index contributed by atoms with van der Waals surface area (Å²) in [6, 6.07) is 2.15. The summed E-state index contributed by atoms with van der Waals surface area (Å²) < 4.78 is 66.8. The molecule has 0 aliphatic carbocycles. The molecule has 2 rings (SSSR count). The molecule has 92 valence electrons. The van der Waals surface area contributed by atoms with Crippen LogP contribution in [0.4, 0.5) is 22.0 Å². The van der Waals surface area contributed by atoms with Crippen LogP contribution in [0, 0.1) is 0 Å². The molecule has 17 heavy (non-hydrogen) atoms. The number of ether oxygens (including phenoxy) is 1. The first kappa shape index (κ1) is 11.8. The molecule has 0 bridgehead atoms. The zero-order valence-electron chi connectivity index (χ0n) is 8.15. The summed E-state index contributed by atoms with van der Waals surface area (Å²) in [7, 11) is 0. The number of rotatable bonds is 1. The summed E-state index contributed by atoms with van der Waals surface area (Å²) in [6.45, 7) is -0.282. The van der Waals surface area contributed by atoms with Crippen LogP contribution >= 0.6 is 0 Å². The summed E-state index contributed by atoms with van der Waals surface area (Å²) in [5.41, 5.74) is -1.13. The molecule has 0 spiro atoms. The van der Waals surface area contributed by atoms with Gasteiger partial charge in [-0.3, -0.25) is 0 Å². The zero-order valence-corrected chi connectivity index (χ0v) is 8.15. The predicted molar refractivity (Wildman–Crippen MR) is 45.5 cm³/mol. The molecule has 1 aromatic carbocycles. The number of hydrogen-bond donors (Lipinski definition) is 0. The minimum atomic E-state index is -5.66. The van der Waals surface area contributed by atoms with E-state index >= 15 is 0 Å². The molecular formula is C10H5F5O2. The van der Waals surface area contributed by atoms with E-state index in [2.05, 4.69) is 4.74 Å². The zero-order chi connectivity index (χ0) is 12.8. The number of esters is 1. The van der Waals surface area contributed by atoms with Crippen molar-refractivity contribution < 1.29 is 31.5 Å². The monoisotopic (exact) mass is 252 g/mol. The summed E-state index contributed by atoms with van der Waals surface area (Å²) in [4.78, 5) is 11.0. The van der Waals surface area contributed by atoms with Crippen LogP contribution in [0.15, 0.2) is 18.2 Å². The highest BCUT2D eigenvalue weighted by Crippen LogP contribution is 2.44. The maximum Gasteiger partial charge on any atom is 0.458 e. The van der Waals surface area contributed by atoms with Crippen molar-refractivity contribution in [2.45, 2.75) is 18.7 Å². The van der Waals surface area contributed by atoms with E-state index in [1.54, 1.807) is 0 Å². The number of hydrogen-bond acceptors (Lipinski definition) is 2. The molecule has 1 heterocycles. The van der Waals surface area contributed by atoms with E-state index in [1.807, 2.05) is 0 Å². The van der Waals surface area contributed by atoms with Crippen LogP contribution in [0.1, 0.15) is 21.5 Å². The van der Waals surface area contributed by atoms with E-state index in [0.29, 0.717) is 12.1 Å². The van der Waals surface area contributed by atoms with Crippen molar-refractivity contribution >= 4 is 5.97 Å². The first-order chi connectivity index (χ1) is 7.73. The van der Waals surface area contributed by atoms with Crippen molar-refractivity contribution in [2.75, 3.05) is 0 Å². The van der Waals surface area contributed by atoms with Gasteiger partial charge < -0.3 is 4.74 Å². The largest absolute Gasteiger partial charge is 0.458 e. The average molecular weight is 252 g/mol. The normalized spacial score (nSPS) is 15.7. The van der Waals surface area contributed by atoms with Crippen molar-refractivity contribution in [3.8, 4) is 0 Å². The highest BCUT2D eigenvalue weighted by Gasteiger charge is 2.58. The van der Waals surface area contributed by atoms with Crippen LogP contribution < -0.4 is 0 Å². The van der Waals surface area contributed by atoms with Gasteiger partial charge in [0.15, 0.2) is 0 Å². The van der Waals surface area contributed by atoms with Gasteiger partial charge in [0.2, 0.25) is 0 Å². The molecular weight excluding hydrogens is 247 g/mol. The van der Waals surface area contributed by atoms with Gasteiger partial charge in [0.05, 0.1) is 5.56 Å². The summed E-state index contributed by atoms with van der Waals surface area (Å²) in [6.07, 6.45) is -5.66. The first-order valence-electron chi connectivity index (χ1n) is 4.48. The molecule has 1 aromatic rings. The lowest BCUT2D eigenvalue weighted by atomic mass is 10.0. The minimum Gasteiger partial charge on any atom is -0.457 e. The Hall–Kier alpha value is -1.66. The Balaban J connectivity index is 2.46. The Morgan fingerprint density at radius 1 is 1.12 bits per heavy atom. The van der Waals surface area contributed by atoms with Gasteiger partial charge in [-0.25, -0.2) is 4.79 Å². The Morgan fingerprint density at radius 3 is 2.35 bits per heavy atom. The molecule has 2 nitrogen and oxygen atoms in total. The molecule has 7 heteroatoms. The lowest BCUT2D eigenvalue weighted by molar-refractivity contribution is -0.289.